The van der Waals surface area contributed by atoms with Crippen molar-refractivity contribution in [2.24, 2.45) is 0 Å². The van der Waals surface area contributed by atoms with E-state index in [4.69, 9.17) is 0 Å². The molecule has 0 bridgehead atoms. The fourth-order valence-electron chi connectivity index (χ4n) is 8.35. The van der Waals surface area contributed by atoms with E-state index >= 15 is 0 Å². The Hall–Kier alpha value is -5.46. The number of hydrogen-bond acceptors (Lipinski definition) is 0. The van der Waals surface area contributed by atoms with Crippen LogP contribution < -0.4 is 0 Å². The third-order valence-corrected chi connectivity index (χ3v) is 10.6. The van der Waals surface area contributed by atoms with Crippen LogP contribution in [0.5, 0.6) is 0 Å². The first-order valence-corrected chi connectivity index (χ1v) is 15.9. The molecule has 0 spiro atoms. The number of benzene rings is 9. The molecule has 210 valence electrons. The smallest absolute Gasteiger partial charge is 0.0159 e. The summed E-state index contributed by atoms with van der Waals surface area (Å²) in [4.78, 5) is 0. The molecule has 0 saturated carbocycles. The molecule has 9 aromatic rings. The topological polar surface area (TPSA) is 0 Å². The zero-order valence-electron chi connectivity index (χ0n) is 25.4. The lowest BCUT2D eigenvalue weighted by atomic mass is 9.80. The zero-order chi connectivity index (χ0) is 29.9. The van der Waals surface area contributed by atoms with Crippen LogP contribution in [0.1, 0.15) is 25.0 Å². The van der Waals surface area contributed by atoms with E-state index in [1.54, 1.807) is 0 Å². The minimum atomic E-state index is -0.118. The molecular weight excluding hydrogens is 540 g/mol. The van der Waals surface area contributed by atoms with Crippen LogP contribution >= 0.6 is 0 Å². The molecule has 9 aromatic carbocycles. The van der Waals surface area contributed by atoms with Crippen molar-refractivity contribution >= 4 is 53.9 Å². The van der Waals surface area contributed by atoms with Crippen LogP contribution in [0.15, 0.2) is 146 Å². The van der Waals surface area contributed by atoms with Crippen molar-refractivity contribution in [3.05, 3.63) is 157 Å². The Bertz CT molecular complexity index is 2650. The fourth-order valence-corrected chi connectivity index (χ4v) is 8.35. The Kier molecular flexibility index (Phi) is 4.88. The van der Waals surface area contributed by atoms with Gasteiger partial charge in [0, 0.05) is 5.41 Å². The van der Waals surface area contributed by atoms with Gasteiger partial charge in [-0.05, 0) is 117 Å². The second-order valence-electron chi connectivity index (χ2n) is 13.3. The van der Waals surface area contributed by atoms with Gasteiger partial charge in [-0.15, -0.1) is 0 Å². The first-order chi connectivity index (χ1) is 22.1. The Morgan fingerprint density at radius 3 is 1.60 bits per heavy atom. The zero-order valence-corrected chi connectivity index (χ0v) is 25.4. The van der Waals surface area contributed by atoms with Gasteiger partial charge in [-0.25, -0.2) is 0 Å². The standard InChI is InChI=1S/C45H30/c1-45(2)41-25-31(34-20-16-29-15-14-27-9-7-10-28-17-23-39(34)44(29)43(27)28)18-21-37(41)38-22-19-32(26-42(38)45)40-24-30-8-3-4-11-33(30)35-12-5-6-13-36(35)40/h3-26H,1-2H3. The first kappa shape index (κ1) is 24.9. The van der Waals surface area contributed by atoms with Gasteiger partial charge in [0.2, 0.25) is 0 Å². The van der Waals surface area contributed by atoms with Gasteiger partial charge in [0.1, 0.15) is 0 Å². The maximum absolute atomic E-state index is 2.46. The summed E-state index contributed by atoms with van der Waals surface area (Å²) in [7, 11) is 0. The molecule has 0 heteroatoms. The van der Waals surface area contributed by atoms with Crippen LogP contribution in [0.3, 0.4) is 0 Å². The molecule has 10 rings (SSSR count). The number of fused-ring (bicyclic) bond motifs is 6. The number of rotatable bonds is 2. The predicted octanol–water partition coefficient (Wildman–Crippen LogP) is 12.5. The largest absolute Gasteiger partial charge is 0.0616 e. The van der Waals surface area contributed by atoms with E-state index in [0.29, 0.717) is 0 Å². The highest BCUT2D eigenvalue weighted by atomic mass is 14.4. The van der Waals surface area contributed by atoms with Crippen molar-refractivity contribution < 1.29 is 0 Å². The molecule has 0 aliphatic heterocycles. The van der Waals surface area contributed by atoms with E-state index in [2.05, 4.69) is 159 Å². The monoisotopic (exact) mass is 570 g/mol. The van der Waals surface area contributed by atoms with E-state index in [1.807, 2.05) is 0 Å². The average molecular weight is 571 g/mol. The maximum Gasteiger partial charge on any atom is 0.0159 e. The van der Waals surface area contributed by atoms with Gasteiger partial charge < -0.3 is 0 Å². The summed E-state index contributed by atoms with van der Waals surface area (Å²) >= 11 is 0. The minimum absolute atomic E-state index is 0.118. The Balaban J connectivity index is 1.14. The van der Waals surface area contributed by atoms with Gasteiger partial charge in [-0.1, -0.05) is 141 Å². The Labute approximate surface area is 262 Å². The maximum atomic E-state index is 2.46. The summed E-state index contributed by atoms with van der Waals surface area (Å²) in [6, 6.07) is 54.7. The lowest BCUT2D eigenvalue weighted by molar-refractivity contribution is 0.661. The lowest BCUT2D eigenvalue weighted by Crippen LogP contribution is -2.15. The van der Waals surface area contributed by atoms with E-state index < -0.39 is 0 Å². The van der Waals surface area contributed by atoms with Crippen LogP contribution in [-0.2, 0) is 5.41 Å². The van der Waals surface area contributed by atoms with Crippen molar-refractivity contribution in [1.29, 1.82) is 0 Å². The van der Waals surface area contributed by atoms with Gasteiger partial charge >= 0.3 is 0 Å². The first-order valence-electron chi connectivity index (χ1n) is 15.9. The van der Waals surface area contributed by atoms with Crippen LogP contribution in [0, 0.1) is 0 Å². The van der Waals surface area contributed by atoms with Gasteiger partial charge in [-0.3, -0.25) is 0 Å². The molecule has 0 nitrogen and oxygen atoms in total. The van der Waals surface area contributed by atoms with Gasteiger partial charge in [0.25, 0.3) is 0 Å². The van der Waals surface area contributed by atoms with Crippen LogP contribution in [0.2, 0.25) is 0 Å². The van der Waals surface area contributed by atoms with Crippen molar-refractivity contribution in [1.82, 2.24) is 0 Å². The predicted molar refractivity (Wildman–Crippen MR) is 194 cm³/mol. The number of hydrogen-bond donors (Lipinski definition) is 0. The molecule has 0 unspecified atom stereocenters. The molecule has 0 amide bonds. The summed E-state index contributed by atoms with van der Waals surface area (Å²) in [6.45, 7) is 4.79. The fraction of sp³-hybridized carbons (Fsp3) is 0.0667. The van der Waals surface area contributed by atoms with Crippen LogP contribution in [0.4, 0.5) is 0 Å². The molecule has 0 aromatic heterocycles. The molecule has 0 radical (unpaired) electrons. The van der Waals surface area contributed by atoms with Crippen molar-refractivity contribution in [2.45, 2.75) is 19.3 Å². The Morgan fingerprint density at radius 1 is 0.333 bits per heavy atom. The molecule has 0 heterocycles. The Morgan fingerprint density at radius 2 is 0.867 bits per heavy atom. The van der Waals surface area contributed by atoms with E-state index in [1.165, 1.54) is 98.4 Å². The molecule has 45 heavy (non-hydrogen) atoms. The van der Waals surface area contributed by atoms with Gasteiger partial charge in [0.05, 0.1) is 0 Å². The molecule has 0 saturated heterocycles. The van der Waals surface area contributed by atoms with E-state index in [-0.39, 0.29) is 5.41 Å². The van der Waals surface area contributed by atoms with Crippen molar-refractivity contribution in [3.63, 3.8) is 0 Å². The quantitative estimate of drug-likeness (QED) is 0.181. The highest BCUT2D eigenvalue weighted by Crippen LogP contribution is 2.51. The second kappa shape index (κ2) is 8.80. The molecule has 0 fully saturated rings. The molecular formula is C45H30. The summed E-state index contributed by atoms with van der Waals surface area (Å²) in [5.74, 6) is 0. The van der Waals surface area contributed by atoms with Crippen LogP contribution in [-0.4, -0.2) is 0 Å². The van der Waals surface area contributed by atoms with Gasteiger partial charge in [-0.2, -0.15) is 0 Å². The van der Waals surface area contributed by atoms with E-state index in [9.17, 15) is 0 Å². The average Bonchev–Trinajstić information content (AvgIpc) is 3.31. The highest BCUT2D eigenvalue weighted by molar-refractivity contribution is 6.25. The molecule has 1 aliphatic rings. The summed E-state index contributed by atoms with van der Waals surface area (Å²) in [5.41, 5.74) is 10.6. The van der Waals surface area contributed by atoms with Crippen molar-refractivity contribution in [3.8, 4) is 33.4 Å². The van der Waals surface area contributed by atoms with Crippen molar-refractivity contribution in [2.75, 3.05) is 0 Å². The SMILES string of the molecule is CC1(C)c2cc(-c3cc4ccccc4c4ccccc34)ccc2-c2ccc(-c3ccc4ccc5cccc6ccc3c4c56)cc21. The third kappa shape index (κ3) is 3.37. The van der Waals surface area contributed by atoms with Crippen LogP contribution in [0.25, 0.3) is 87.2 Å². The molecule has 1 aliphatic carbocycles. The normalized spacial score (nSPS) is 13.7. The summed E-state index contributed by atoms with van der Waals surface area (Å²) < 4.78 is 0. The molecule has 0 N–H and O–H groups in total. The molecule has 0 atom stereocenters. The second-order valence-corrected chi connectivity index (χ2v) is 13.3. The highest BCUT2D eigenvalue weighted by Gasteiger charge is 2.36. The third-order valence-electron chi connectivity index (χ3n) is 10.6. The van der Waals surface area contributed by atoms with Gasteiger partial charge in [0.15, 0.2) is 0 Å². The summed E-state index contributed by atoms with van der Waals surface area (Å²) in [5, 5.41) is 13.2. The van der Waals surface area contributed by atoms with E-state index in [0.717, 1.165) is 0 Å². The minimum Gasteiger partial charge on any atom is -0.0616 e. The lowest BCUT2D eigenvalue weighted by Gasteiger charge is -2.23. The summed E-state index contributed by atoms with van der Waals surface area (Å²) in [6.07, 6.45) is 0.